The molecule has 106 valence electrons. The summed E-state index contributed by atoms with van der Waals surface area (Å²) in [6.07, 6.45) is 4.87. The Kier molecular flexibility index (Phi) is 5.56. The average molecular weight is 257 g/mol. The van der Waals surface area contributed by atoms with Gasteiger partial charge in [0.25, 0.3) is 0 Å². The predicted octanol–water partition coefficient (Wildman–Crippen LogP) is 0.498. The van der Waals surface area contributed by atoms with Crippen molar-refractivity contribution in [3.63, 3.8) is 0 Å². The Bertz CT molecular complexity index is 283. The number of aliphatic carboxylic acids is 1. The molecule has 3 atom stereocenters. The van der Waals surface area contributed by atoms with Gasteiger partial charge in [-0.1, -0.05) is 19.8 Å². The fourth-order valence-electron chi connectivity index (χ4n) is 2.90. The van der Waals surface area contributed by atoms with Crippen molar-refractivity contribution in [2.75, 3.05) is 27.2 Å². The van der Waals surface area contributed by atoms with Crippen LogP contribution in [0.15, 0.2) is 0 Å². The van der Waals surface area contributed by atoms with Crippen LogP contribution in [-0.4, -0.2) is 54.7 Å². The van der Waals surface area contributed by atoms with Crippen LogP contribution in [0, 0.1) is 5.92 Å². The number of likely N-dealkylation sites (N-methyl/N-ethyl adjacent to an activating group) is 1. The number of nitrogens with one attached hydrogen (secondary N) is 1. The number of hydrogen-bond donors (Lipinski definition) is 3. The van der Waals surface area contributed by atoms with Gasteiger partial charge >= 0.3 is 5.97 Å². The van der Waals surface area contributed by atoms with Gasteiger partial charge in [0, 0.05) is 18.6 Å². The van der Waals surface area contributed by atoms with Crippen LogP contribution in [0.1, 0.15) is 32.6 Å². The Labute approximate surface area is 110 Å². The molecule has 0 heterocycles. The summed E-state index contributed by atoms with van der Waals surface area (Å²) < 4.78 is 0. The Morgan fingerprint density at radius 2 is 2.28 bits per heavy atom. The summed E-state index contributed by atoms with van der Waals surface area (Å²) in [6, 6.07) is -0.815. The molecule has 1 fully saturated rings. The zero-order valence-electron chi connectivity index (χ0n) is 11.8. The SMILES string of the molecule is CC1CCCC(CNCC(N)C(=O)O)(N(C)C)C1. The molecule has 0 amide bonds. The van der Waals surface area contributed by atoms with E-state index in [1.165, 1.54) is 19.3 Å². The zero-order valence-corrected chi connectivity index (χ0v) is 11.8. The van der Waals surface area contributed by atoms with E-state index in [1.54, 1.807) is 0 Å². The smallest absolute Gasteiger partial charge is 0.321 e. The molecule has 1 aliphatic carbocycles. The minimum Gasteiger partial charge on any atom is -0.480 e. The second-order valence-electron chi connectivity index (χ2n) is 5.90. The first-order valence-corrected chi connectivity index (χ1v) is 6.74. The molecule has 5 nitrogen and oxygen atoms in total. The van der Waals surface area contributed by atoms with Gasteiger partial charge in [-0.05, 0) is 32.9 Å². The van der Waals surface area contributed by atoms with Crippen LogP contribution in [-0.2, 0) is 4.79 Å². The molecule has 0 aliphatic heterocycles. The highest BCUT2D eigenvalue weighted by Crippen LogP contribution is 2.35. The largest absolute Gasteiger partial charge is 0.480 e. The van der Waals surface area contributed by atoms with E-state index in [9.17, 15) is 4.79 Å². The average Bonchev–Trinajstić information content (AvgIpc) is 2.28. The third kappa shape index (κ3) is 3.93. The minimum atomic E-state index is -0.946. The van der Waals surface area contributed by atoms with Crippen molar-refractivity contribution in [3.05, 3.63) is 0 Å². The van der Waals surface area contributed by atoms with Gasteiger partial charge in [0.1, 0.15) is 6.04 Å². The van der Waals surface area contributed by atoms with Crippen LogP contribution in [0.25, 0.3) is 0 Å². The van der Waals surface area contributed by atoms with E-state index in [-0.39, 0.29) is 5.54 Å². The lowest BCUT2D eigenvalue weighted by Gasteiger charge is -2.45. The first-order valence-electron chi connectivity index (χ1n) is 6.74. The monoisotopic (exact) mass is 257 g/mol. The maximum Gasteiger partial charge on any atom is 0.321 e. The van der Waals surface area contributed by atoms with Gasteiger partial charge in [0.2, 0.25) is 0 Å². The van der Waals surface area contributed by atoms with Crippen LogP contribution in [0.5, 0.6) is 0 Å². The van der Waals surface area contributed by atoms with Crippen molar-refractivity contribution < 1.29 is 9.90 Å². The van der Waals surface area contributed by atoms with E-state index in [4.69, 9.17) is 10.8 Å². The molecule has 1 rings (SSSR count). The van der Waals surface area contributed by atoms with Crippen molar-refractivity contribution in [1.82, 2.24) is 10.2 Å². The Morgan fingerprint density at radius 3 is 2.78 bits per heavy atom. The Balaban J connectivity index is 2.50. The number of rotatable bonds is 6. The topological polar surface area (TPSA) is 78.6 Å². The molecule has 1 aliphatic rings. The summed E-state index contributed by atoms with van der Waals surface area (Å²) in [4.78, 5) is 13.0. The fraction of sp³-hybridized carbons (Fsp3) is 0.923. The fourth-order valence-corrected chi connectivity index (χ4v) is 2.90. The van der Waals surface area contributed by atoms with Gasteiger partial charge in [0.05, 0.1) is 0 Å². The quantitative estimate of drug-likeness (QED) is 0.646. The third-order valence-electron chi connectivity index (χ3n) is 4.15. The highest BCUT2D eigenvalue weighted by molar-refractivity contribution is 5.73. The van der Waals surface area contributed by atoms with Crippen molar-refractivity contribution in [2.45, 2.75) is 44.2 Å². The highest BCUT2D eigenvalue weighted by atomic mass is 16.4. The lowest BCUT2D eigenvalue weighted by Crippen LogP contribution is -2.55. The first kappa shape index (κ1) is 15.4. The number of carbonyl (C=O) groups is 1. The molecular weight excluding hydrogens is 230 g/mol. The standard InChI is InChI=1S/C13H27N3O2/c1-10-5-4-6-13(7-10,16(2)3)9-15-8-11(14)12(17)18/h10-11,15H,4-9,14H2,1-3H3,(H,17,18). The molecule has 0 aromatic rings. The van der Waals surface area contributed by atoms with Crippen LogP contribution in [0.3, 0.4) is 0 Å². The highest BCUT2D eigenvalue weighted by Gasteiger charge is 2.36. The number of carboxylic acids is 1. The van der Waals surface area contributed by atoms with E-state index in [0.29, 0.717) is 6.54 Å². The van der Waals surface area contributed by atoms with E-state index in [2.05, 4.69) is 31.2 Å². The number of carboxylic acid groups (broad SMARTS) is 1. The Hall–Kier alpha value is -0.650. The van der Waals surface area contributed by atoms with E-state index in [1.807, 2.05) is 0 Å². The summed E-state index contributed by atoms with van der Waals surface area (Å²) >= 11 is 0. The van der Waals surface area contributed by atoms with Gasteiger partial charge in [-0.25, -0.2) is 0 Å². The molecular formula is C13H27N3O2. The zero-order chi connectivity index (χ0) is 13.8. The van der Waals surface area contributed by atoms with Gasteiger partial charge in [-0.2, -0.15) is 0 Å². The number of nitrogens with zero attached hydrogens (tertiary/aromatic N) is 1. The van der Waals surface area contributed by atoms with Gasteiger partial charge in [-0.15, -0.1) is 0 Å². The Morgan fingerprint density at radius 1 is 1.61 bits per heavy atom. The second kappa shape index (κ2) is 6.50. The van der Waals surface area contributed by atoms with Crippen molar-refractivity contribution in [3.8, 4) is 0 Å². The van der Waals surface area contributed by atoms with Crippen LogP contribution in [0.4, 0.5) is 0 Å². The molecule has 5 heteroatoms. The summed E-state index contributed by atoms with van der Waals surface area (Å²) in [5.41, 5.74) is 5.65. The second-order valence-corrected chi connectivity index (χ2v) is 5.90. The van der Waals surface area contributed by atoms with Crippen molar-refractivity contribution in [1.29, 1.82) is 0 Å². The summed E-state index contributed by atoms with van der Waals surface area (Å²) in [7, 11) is 4.22. The van der Waals surface area contributed by atoms with Crippen LogP contribution < -0.4 is 11.1 Å². The molecule has 3 unspecified atom stereocenters. The van der Waals surface area contributed by atoms with E-state index < -0.39 is 12.0 Å². The lowest BCUT2D eigenvalue weighted by molar-refractivity contribution is -0.138. The molecule has 0 spiro atoms. The van der Waals surface area contributed by atoms with Crippen molar-refractivity contribution in [2.24, 2.45) is 11.7 Å². The maximum absolute atomic E-state index is 10.7. The summed E-state index contributed by atoms with van der Waals surface area (Å²) in [6.45, 7) is 3.44. The van der Waals surface area contributed by atoms with Gasteiger partial charge in [-0.3, -0.25) is 4.79 Å². The predicted molar refractivity (Wildman–Crippen MR) is 72.5 cm³/mol. The summed E-state index contributed by atoms with van der Waals surface area (Å²) in [5.74, 6) is -0.213. The molecule has 0 radical (unpaired) electrons. The summed E-state index contributed by atoms with van der Waals surface area (Å²) in [5, 5.41) is 12.0. The van der Waals surface area contributed by atoms with Crippen LogP contribution in [0.2, 0.25) is 0 Å². The molecule has 4 N–H and O–H groups in total. The molecule has 0 aromatic carbocycles. The number of hydrogen-bond acceptors (Lipinski definition) is 4. The minimum absolute atomic E-state index is 0.149. The molecule has 1 saturated carbocycles. The van der Waals surface area contributed by atoms with Gasteiger partial charge < -0.3 is 21.1 Å². The number of nitrogens with two attached hydrogens (primary N) is 1. The van der Waals surface area contributed by atoms with E-state index in [0.717, 1.165) is 18.9 Å². The maximum atomic E-state index is 10.7. The van der Waals surface area contributed by atoms with Gasteiger partial charge in [0.15, 0.2) is 0 Å². The van der Waals surface area contributed by atoms with Crippen molar-refractivity contribution >= 4 is 5.97 Å². The normalized spacial score (nSPS) is 30.4. The molecule has 0 bridgehead atoms. The van der Waals surface area contributed by atoms with E-state index >= 15 is 0 Å². The lowest BCUT2D eigenvalue weighted by atomic mass is 9.75. The molecule has 0 aromatic heterocycles. The first-order chi connectivity index (χ1) is 8.37. The third-order valence-corrected chi connectivity index (χ3v) is 4.15. The molecule has 0 saturated heterocycles. The van der Waals surface area contributed by atoms with Crippen LogP contribution >= 0.6 is 0 Å². The molecule has 18 heavy (non-hydrogen) atoms.